The number of amides is 1. The van der Waals surface area contributed by atoms with Gasteiger partial charge in [-0.1, -0.05) is 55.0 Å². The molecule has 0 unspecified atom stereocenters. The standard InChI is InChI=1S/C20H23NO2/c1-21(15-16-9-4-3-5-10-16)19(22)20(13-8-14-20)17-11-6-7-12-18(17)23-2/h3-7,9-12H,8,13-15H2,1-2H3. The summed E-state index contributed by atoms with van der Waals surface area (Å²) in [5.74, 6) is 1.01. The summed E-state index contributed by atoms with van der Waals surface area (Å²) in [6.45, 7) is 0.635. The first-order valence-electron chi connectivity index (χ1n) is 8.10. The van der Waals surface area contributed by atoms with E-state index in [4.69, 9.17) is 4.74 Å². The number of methoxy groups -OCH3 is 1. The van der Waals surface area contributed by atoms with Gasteiger partial charge < -0.3 is 9.64 Å². The number of likely N-dealkylation sites (N-methyl/N-ethyl adjacent to an activating group) is 1. The van der Waals surface area contributed by atoms with Gasteiger partial charge in [0.15, 0.2) is 0 Å². The summed E-state index contributed by atoms with van der Waals surface area (Å²) in [7, 11) is 3.56. The molecule has 1 amide bonds. The Morgan fingerprint density at radius 3 is 2.35 bits per heavy atom. The van der Waals surface area contributed by atoms with Gasteiger partial charge in [0.25, 0.3) is 0 Å². The van der Waals surface area contributed by atoms with E-state index in [1.54, 1.807) is 7.11 Å². The van der Waals surface area contributed by atoms with Gasteiger partial charge in [-0.3, -0.25) is 4.79 Å². The monoisotopic (exact) mass is 309 g/mol. The summed E-state index contributed by atoms with van der Waals surface area (Å²) in [5.41, 5.74) is 1.76. The van der Waals surface area contributed by atoms with Crippen molar-refractivity contribution in [3.05, 3.63) is 65.7 Å². The molecule has 1 aliphatic carbocycles. The highest BCUT2D eigenvalue weighted by molar-refractivity contribution is 5.90. The quantitative estimate of drug-likeness (QED) is 0.841. The molecule has 2 aromatic rings. The minimum atomic E-state index is -0.421. The van der Waals surface area contributed by atoms with Gasteiger partial charge in [0.1, 0.15) is 5.75 Å². The van der Waals surface area contributed by atoms with Gasteiger partial charge in [0.05, 0.1) is 12.5 Å². The second-order valence-corrected chi connectivity index (χ2v) is 6.28. The van der Waals surface area contributed by atoms with Crippen molar-refractivity contribution in [2.45, 2.75) is 31.2 Å². The van der Waals surface area contributed by atoms with Crippen molar-refractivity contribution in [1.82, 2.24) is 4.90 Å². The number of para-hydroxylation sites is 1. The smallest absolute Gasteiger partial charge is 0.233 e. The van der Waals surface area contributed by atoms with Gasteiger partial charge in [-0.05, 0) is 24.5 Å². The Hall–Kier alpha value is -2.29. The van der Waals surface area contributed by atoms with Gasteiger partial charge in [-0.15, -0.1) is 0 Å². The number of carbonyl (C=O) groups is 1. The molecule has 3 heteroatoms. The zero-order chi connectivity index (χ0) is 16.3. The zero-order valence-corrected chi connectivity index (χ0v) is 13.8. The highest BCUT2D eigenvalue weighted by Gasteiger charge is 2.48. The first-order valence-corrected chi connectivity index (χ1v) is 8.10. The maximum atomic E-state index is 13.2. The maximum absolute atomic E-state index is 13.2. The molecule has 0 radical (unpaired) electrons. The number of nitrogens with zero attached hydrogens (tertiary/aromatic N) is 1. The molecular weight excluding hydrogens is 286 g/mol. The van der Waals surface area contributed by atoms with Crippen LogP contribution in [0.1, 0.15) is 30.4 Å². The van der Waals surface area contributed by atoms with Crippen LogP contribution in [0, 0.1) is 0 Å². The molecule has 2 aromatic carbocycles. The lowest BCUT2D eigenvalue weighted by Gasteiger charge is -2.43. The number of carbonyl (C=O) groups excluding carboxylic acids is 1. The van der Waals surface area contributed by atoms with Crippen molar-refractivity contribution in [3.8, 4) is 5.75 Å². The Labute approximate surface area is 137 Å². The number of ether oxygens (including phenoxy) is 1. The molecule has 0 heterocycles. The molecule has 0 atom stereocenters. The largest absolute Gasteiger partial charge is 0.496 e. The van der Waals surface area contributed by atoms with Gasteiger partial charge >= 0.3 is 0 Å². The van der Waals surface area contributed by atoms with E-state index < -0.39 is 5.41 Å². The topological polar surface area (TPSA) is 29.5 Å². The van der Waals surface area contributed by atoms with E-state index in [-0.39, 0.29) is 5.91 Å². The number of hydrogen-bond donors (Lipinski definition) is 0. The molecule has 1 fully saturated rings. The molecule has 120 valence electrons. The fraction of sp³-hybridized carbons (Fsp3) is 0.350. The van der Waals surface area contributed by atoms with E-state index in [2.05, 4.69) is 12.1 Å². The van der Waals surface area contributed by atoms with Crippen LogP contribution in [0.15, 0.2) is 54.6 Å². The third-order valence-electron chi connectivity index (χ3n) is 4.85. The van der Waals surface area contributed by atoms with Gasteiger partial charge in [0.2, 0.25) is 5.91 Å². The van der Waals surface area contributed by atoms with E-state index >= 15 is 0 Å². The first kappa shape index (κ1) is 15.6. The second kappa shape index (κ2) is 6.45. The van der Waals surface area contributed by atoms with Crippen LogP contribution in [0.5, 0.6) is 5.75 Å². The Bertz CT molecular complexity index is 677. The summed E-state index contributed by atoms with van der Waals surface area (Å²) in [5, 5.41) is 0. The lowest BCUT2D eigenvalue weighted by atomic mass is 9.63. The average molecular weight is 309 g/mol. The third kappa shape index (κ3) is 2.83. The number of hydrogen-bond acceptors (Lipinski definition) is 2. The summed E-state index contributed by atoms with van der Waals surface area (Å²) in [6, 6.07) is 18.0. The minimum absolute atomic E-state index is 0.192. The normalized spacial score (nSPS) is 15.6. The van der Waals surface area contributed by atoms with Crippen LogP contribution in [-0.4, -0.2) is 25.0 Å². The molecule has 1 saturated carbocycles. The van der Waals surface area contributed by atoms with Gasteiger partial charge in [0, 0.05) is 19.2 Å². The molecule has 1 aliphatic rings. The van der Waals surface area contributed by atoms with Crippen molar-refractivity contribution in [3.63, 3.8) is 0 Å². The zero-order valence-electron chi connectivity index (χ0n) is 13.8. The van der Waals surface area contributed by atoms with Gasteiger partial charge in [-0.2, -0.15) is 0 Å². The SMILES string of the molecule is COc1ccccc1C1(C(=O)N(C)Cc2ccccc2)CCC1. The van der Waals surface area contributed by atoms with Crippen molar-refractivity contribution >= 4 is 5.91 Å². The fourth-order valence-electron chi connectivity index (χ4n) is 3.46. The van der Waals surface area contributed by atoms with E-state index in [1.165, 1.54) is 0 Å². The van der Waals surface area contributed by atoms with Gasteiger partial charge in [-0.25, -0.2) is 0 Å². The Morgan fingerprint density at radius 1 is 1.09 bits per heavy atom. The molecule has 3 rings (SSSR count). The summed E-state index contributed by atoms with van der Waals surface area (Å²) >= 11 is 0. The molecule has 23 heavy (non-hydrogen) atoms. The summed E-state index contributed by atoms with van der Waals surface area (Å²) in [6.07, 6.45) is 2.87. The average Bonchev–Trinajstić information content (AvgIpc) is 2.55. The van der Waals surface area contributed by atoms with E-state index in [0.29, 0.717) is 6.54 Å². The molecule has 0 N–H and O–H groups in total. The van der Waals surface area contributed by atoms with Crippen LogP contribution in [0.4, 0.5) is 0 Å². The Balaban J connectivity index is 1.86. The number of benzene rings is 2. The molecule has 0 spiro atoms. The lowest BCUT2D eigenvalue weighted by Crippen LogP contribution is -2.49. The first-order chi connectivity index (χ1) is 11.2. The van der Waals surface area contributed by atoms with Crippen LogP contribution >= 0.6 is 0 Å². The molecule has 0 saturated heterocycles. The molecule has 0 bridgehead atoms. The molecule has 0 aromatic heterocycles. The maximum Gasteiger partial charge on any atom is 0.233 e. The Kier molecular flexibility index (Phi) is 4.37. The predicted octanol–water partition coefficient (Wildman–Crippen LogP) is 3.78. The Morgan fingerprint density at radius 2 is 1.74 bits per heavy atom. The van der Waals surface area contributed by atoms with Crippen LogP contribution in [0.2, 0.25) is 0 Å². The highest BCUT2D eigenvalue weighted by Crippen LogP contribution is 2.48. The van der Waals surface area contributed by atoms with Crippen molar-refractivity contribution < 1.29 is 9.53 Å². The van der Waals surface area contributed by atoms with Crippen molar-refractivity contribution in [1.29, 1.82) is 0 Å². The van der Waals surface area contributed by atoms with Crippen molar-refractivity contribution in [2.75, 3.05) is 14.2 Å². The molecular formula is C20H23NO2. The predicted molar refractivity (Wildman–Crippen MR) is 91.4 cm³/mol. The van der Waals surface area contributed by atoms with E-state index in [9.17, 15) is 4.79 Å². The minimum Gasteiger partial charge on any atom is -0.496 e. The number of rotatable bonds is 5. The van der Waals surface area contributed by atoms with Crippen LogP contribution < -0.4 is 4.74 Å². The van der Waals surface area contributed by atoms with Crippen LogP contribution in [-0.2, 0) is 16.8 Å². The highest BCUT2D eigenvalue weighted by atomic mass is 16.5. The van der Waals surface area contributed by atoms with E-state index in [1.807, 2.05) is 54.4 Å². The van der Waals surface area contributed by atoms with E-state index in [0.717, 1.165) is 36.1 Å². The second-order valence-electron chi connectivity index (χ2n) is 6.28. The van der Waals surface area contributed by atoms with Crippen molar-refractivity contribution in [2.24, 2.45) is 0 Å². The fourth-order valence-corrected chi connectivity index (χ4v) is 3.46. The van der Waals surface area contributed by atoms with Crippen LogP contribution in [0.25, 0.3) is 0 Å². The molecule has 3 nitrogen and oxygen atoms in total. The van der Waals surface area contributed by atoms with Crippen LogP contribution in [0.3, 0.4) is 0 Å². The molecule has 0 aliphatic heterocycles. The summed E-state index contributed by atoms with van der Waals surface area (Å²) in [4.78, 5) is 15.0. The summed E-state index contributed by atoms with van der Waals surface area (Å²) < 4.78 is 5.50. The third-order valence-corrected chi connectivity index (χ3v) is 4.85. The lowest BCUT2D eigenvalue weighted by molar-refractivity contribution is -0.140.